The Balaban J connectivity index is 1.63. The maximum atomic E-state index is 12.6. The molecule has 0 aliphatic carbocycles. The van der Waals surface area contributed by atoms with Crippen molar-refractivity contribution in [3.63, 3.8) is 0 Å². The first-order valence-electron chi connectivity index (χ1n) is 8.68. The summed E-state index contributed by atoms with van der Waals surface area (Å²) >= 11 is 0. The van der Waals surface area contributed by atoms with E-state index in [0.29, 0.717) is 18.8 Å². The van der Waals surface area contributed by atoms with Crippen LogP contribution in [0.1, 0.15) is 25.3 Å². The van der Waals surface area contributed by atoms with Crippen molar-refractivity contribution in [1.29, 1.82) is 0 Å². The molecule has 3 rings (SSSR count). The van der Waals surface area contributed by atoms with E-state index in [9.17, 15) is 14.9 Å². The van der Waals surface area contributed by atoms with Crippen LogP contribution in [-0.2, 0) is 10.2 Å². The summed E-state index contributed by atoms with van der Waals surface area (Å²) in [6.45, 7) is 3.42. The average Bonchev–Trinajstić information content (AvgIpc) is 2.67. The van der Waals surface area contributed by atoms with E-state index < -0.39 is 4.92 Å². The van der Waals surface area contributed by atoms with Gasteiger partial charge in [-0.3, -0.25) is 14.9 Å². The largest absolute Gasteiger partial charge is 0.484 e. The molecule has 2 aromatic carbocycles. The molecule has 1 aliphatic heterocycles. The van der Waals surface area contributed by atoms with Gasteiger partial charge in [0.05, 0.1) is 11.0 Å². The molecule has 6 heteroatoms. The molecule has 0 saturated carbocycles. The second kappa shape index (κ2) is 7.56. The summed E-state index contributed by atoms with van der Waals surface area (Å²) in [6, 6.07) is 16.1. The normalized spacial score (nSPS) is 19.8. The van der Waals surface area contributed by atoms with Gasteiger partial charge >= 0.3 is 0 Å². The third kappa shape index (κ3) is 4.02. The first-order chi connectivity index (χ1) is 12.5. The van der Waals surface area contributed by atoms with Crippen LogP contribution in [0.15, 0.2) is 54.6 Å². The SMILES string of the molecule is C[C@@]1(c2ccccc2)CCCN(C(=O)COc2cccc([N+](=O)[O-])c2)C1. The van der Waals surface area contributed by atoms with Crippen molar-refractivity contribution in [2.45, 2.75) is 25.2 Å². The van der Waals surface area contributed by atoms with Crippen LogP contribution in [0.3, 0.4) is 0 Å². The highest BCUT2D eigenvalue weighted by Gasteiger charge is 2.34. The highest BCUT2D eigenvalue weighted by Crippen LogP contribution is 2.33. The maximum absolute atomic E-state index is 12.6. The van der Waals surface area contributed by atoms with Crippen LogP contribution in [-0.4, -0.2) is 35.4 Å². The Labute approximate surface area is 152 Å². The fourth-order valence-corrected chi connectivity index (χ4v) is 3.45. The summed E-state index contributed by atoms with van der Waals surface area (Å²) < 4.78 is 5.49. The van der Waals surface area contributed by atoms with E-state index in [4.69, 9.17) is 4.74 Å². The lowest BCUT2D eigenvalue weighted by atomic mass is 9.76. The van der Waals surface area contributed by atoms with Crippen molar-refractivity contribution in [3.05, 3.63) is 70.3 Å². The molecule has 0 bridgehead atoms. The Morgan fingerprint density at radius 3 is 2.73 bits per heavy atom. The lowest BCUT2D eigenvalue weighted by Gasteiger charge is -2.41. The number of rotatable bonds is 5. The van der Waals surface area contributed by atoms with E-state index in [-0.39, 0.29) is 23.6 Å². The number of non-ortho nitro benzene ring substituents is 1. The zero-order valence-electron chi connectivity index (χ0n) is 14.8. The Morgan fingerprint density at radius 2 is 2.00 bits per heavy atom. The highest BCUT2D eigenvalue weighted by molar-refractivity contribution is 5.78. The van der Waals surface area contributed by atoms with Gasteiger partial charge in [-0.05, 0) is 24.5 Å². The molecule has 2 aromatic rings. The molecule has 0 spiro atoms. The number of nitro groups is 1. The molecule has 1 fully saturated rings. The number of amides is 1. The molecule has 0 aromatic heterocycles. The fraction of sp³-hybridized carbons (Fsp3) is 0.350. The Kier molecular flexibility index (Phi) is 5.21. The topological polar surface area (TPSA) is 72.7 Å². The Morgan fingerprint density at radius 1 is 1.23 bits per heavy atom. The summed E-state index contributed by atoms with van der Waals surface area (Å²) in [5.74, 6) is 0.230. The van der Waals surface area contributed by atoms with E-state index in [1.807, 2.05) is 23.1 Å². The maximum Gasteiger partial charge on any atom is 0.273 e. The summed E-state index contributed by atoms with van der Waals surface area (Å²) in [5, 5.41) is 10.8. The van der Waals surface area contributed by atoms with Gasteiger partial charge in [-0.2, -0.15) is 0 Å². The quantitative estimate of drug-likeness (QED) is 0.608. The summed E-state index contributed by atoms with van der Waals surface area (Å²) in [5.41, 5.74) is 1.11. The molecule has 1 aliphatic rings. The lowest BCUT2D eigenvalue weighted by molar-refractivity contribution is -0.384. The van der Waals surface area contributed by atoms with Gasteiger partial charge in [0.1, 0.15) is 5.75 Å². The number of carbonyl (C=O) groups excluding carboxylic acids is 1. The second-order valence-electron chi connectivity index (χ2n) is 6.89. The second-order valence-corrected chi connectivity index (χ2v) is 6.89. The lowest BCUT2D eigenvalue weighted by Crippen LogP contribution is -2.48. The number of likely N-dealkylation sites (tertiary alicyclic amines) is 1. The minimum absolute atomic E-state index is 0.0513. The minimum Gasteiger partial charge on any atom is -0.484 e. The first kappa shape index (κ1) is 17.9. The zero-order chi connectivity index (χ0) is 18.6. The van der Waals surface area contributed by atoms with Gasteiger partial charge in [-0.25, -0.2) is 0 Å². The highest BCUT2D eigenvalue weighted by atomic mass is 16.6. The fourth-order valence-electron chi connectivity index (χ4n) is 3.45. The van der Waals surface area contributed by atoms with Gasteiger partial charge in [-0.1, -0.05) is 43.3 Å². The average molecular weight is 354 g/mol. The van der Waals surface area contributed by atoms with Crippen LogP contribution < -0.4 is 4.74 Å². The molecule has 1 heterocycles. The van der Waals surface area contributed by atoms with Gasteiger partial charge in [-0.15, -0.1) is 0 Å². The molecule has 1 atom stereocenters. The molecule has 0 unspecified atom stereocenters. The van der Waals surface area contributed by atoms with E-state index in [1.54, 1.807) is 12.1 Å². The number of carbonyl (C=O) groups is 1. The molecular formula is C20H22N2O4. The van der Waals surface area contributed by atoms with Crippen LogP contribution in [0.2, 0.25) is 0 Å². The number of hydrogen-bond donors (Lipinski definition) is 0. The number of ether oxygens (including phenoxy) is 1. The molecule has 0 N–H and O–H groups in total. The van der Waals surface area contributed by atoms with Gasteiger partial charge in [0.15, 0.2) is 6.61 Å². The molecule has 1 saturated heterocycles. The predicted octanol–water partition coefficient (Wildman–Crippen LogP) is 3.55. The minimum atomic E-state index is -0.482. The third-order valence-electron chi connectivity index (χ3n) is 4.91. The monoisotopic (exact) mass is 354 g/mol. The third-order valence-corrected chi connectivity index (χ3v) is 4.91. The number of nitrogens with zero attached hydrogens (tertiary/aromatic N) is 2. The molecule has 6 nitrogen and oxygen atoms in total. The summed E-state index contributed by atoms with van der Waals surface area (Å²) in [4.78, 5) is 24.7. The van der Waals surface area contributed by atoms with Gasteiger partial charge in [0.2, 0.25) is 0 Å². The van der Waals surface area contributed by atoms with Gasteiger partial charge in [0.25, 0.3) is 11.6 Å². The molecule has 0 radical (unpaired) electrons. The molecular weight excluding hydrogens is 332 g/mol. The number of nitro benzene ring substituents is 1. The van der Waals surface area contributed by atoms with E-state index >= 15 is 0 Å². The van der Waals surface area contributed by atoms with E-state index in [0.717, 1.165) is 12.8 Å². The van der Waals surface area contributed by atoms with Crippen molar-refractivity contribution < 1.29 is 14.5 Å². The van der Waals surface area contributed by atoms with Crippen molar-refractivity contribution in [3.8, 4) is 5.75 Å². The number of piperidine rings is 1. The number of hydrogen-bond acceptors (Lipinski definition) is 4. The molecule has 136 valence electrons. The van der Waals surface area contributed by atoms with Crippen LogP contribution in [0, 0.1) is 10.1 Å². The van der Waals surface area contributed by atoms with Crippen LogP contribution in [0.4, 0.5) is 5.69 Å². The Bertz CT molecular complexity index is 793. The summed E-state index contributed by atoms with van der Waals surface area (Å²) in [6.07, 6.45) is 1.97. The van der Waals surface area contributed by atoms with Gasteiger partial charge in [0, 0.05) is 24.6 Å². The standard InChI is InChI=1S/C20H22N2O4/c1-20(16-7-3-2-4-8-16)11-6-12-21(15-20)19(23)14-26-18-10-5-9-17(13-18)22(24)25/h2-5,7-10,13H,6,11-12,14-15H2,1H3/t20-/m1/s1. The number of benzene rings is 2. The zero-order valence-corrected chi connectivity index (χ0v) is 14.8. The summed E-state index contributed by atoms with van der Waals surface area (Å²) in [7, 11) is 0. The van der Waals surface area contributed by atoms with Crippen molar-refractivity contribution >= 4 is 11.6 Å². The van der Waals surface area contributed by atoms with E-state index in [2.05, 4.69) is 19.1 Å². The molecule has 1 amide bonds. The van der Waals surface area contributed by atoms with Crippen molar-refractivity contribution in [2.24, 2.45) is 0 Å². The van der Waals surface area contributed by atoms with Crippen LogP contribution in [0.25, 0.3) is 0 Å². The van der Waals surface area contributed by atoms with Crippen LogP contribution in [0.5, 0.6) is 5.75 Å². The predicted molar refractivity (Wildman–Crippen MR) is 98.2 cm³/mol. The van der Waals surface area contributed by atoms with Crippen molar-refractivity contribution in [2.75, 3.05) is 19.7 Å². The van der Waals surface area contributed by atoms with Gasteiger partial charge < -0.3 is 9.64 Å². The first-order valence-corrected chi connectivity index (χ1v) is 8.68. The Hall–Kier alpha value is -2.89. The van der Waals surface area contributed by atoms with Crippen molar-refractivity contribution in [1.82, 2.24) is 4.90 Å². The van der Waals surface area contributed by atoms with E-state index in [1.165, 1.54) is 17.7 Å². The van der Waals surface area contributed by atoms with Crippen LogP contribution >= 0.6 is 0 Å². The molecule has 26 heavy (non-hydrogen) atoms. The smallest absolute Gasteiger partial charge is 0.273 e.